The fraction of sp³-hybridized carbons (Fsp3) is 0.750. The van der Waals surface area contributed by atoms with Crippen LogP contribution in [0.4, 0.5) is 0 Å². The molecule has 2 nitrogen and oxygen atoms in total. The highest BCUT2D eigenvalue weighted by molar-refractivity contribution is 5.15. The molecule has 14 heavy (non-hydrogen) atoms. The first-order chi connectivity index (χ1) is 6.83. The van der Waals surface area contributed by atoms with E-state index in [1.165, 1.54) is 32.1 Å². The highest BCUT2D eigenvalue weighted by atomic mass is 14.9. The lowest BCUT2D eigenvalue weighted by molar-refractivity contribution is 0.372. The Kier molecular flexibility index (Phi) is 5.32. The molecule has 0 amide bonds. The molecule has 0 radical (unpaired) electrons. The maximum atomic E-state index is 8.51. The summed E-state index contributed by atoms with van der Waals surface area (Å²) in [5.41, 5.74) is 0.704. The molecule has 1 fully saturated rings. The lowest BCUT2D eigenvalue weighted by Gasteiger charge is -2.22. The van der Waals surface area contributed by atoms with Crippen molar-refractivity contribution < 1.29 is 0 Å². The third-order valence-electron chi connectivity index (χ3n) is 2.85. The second-order valence-corrected chi connectivity index (χ2v) is 4.11. The summed E-state index contributed by atoms with van der Waals surface area (Å²) >= 11 is 0. The third-order valence-corrected chi connectivity index (χ3v) is 2.85. The number of nitriles is 1. The Morgan fingerprint density at radius 2 is 2.07 bits per heavy atom. The van der Waals surface area contributed by atoms with Crippen LogP contribution >= 0.6 is 0 Å². The third kappa shape index (κ3) is 4.43. The largest absolute Gasteiger partial charge is 0.314 e. The van der Waals surface area contributed by atoms with Gasteiger partial charge in [0.1, 0.15) is 0 Å². The van der Waals surface area contributed by atoms with Crippen molar-refractivity contribution in [3.63, 3.8) is 0 Å². The van der Waals surface area contributed by atoms with E-state index in [-0.39, 0.29) is 0 Å². The Labute approximate surface area is 87.0 Å². The van der Waals surface area contributed by atoms with Crippen LogP contribution in [0.1, 0.15) is 44.9 Å². The van der Waals surface area contributed by atoms with E-state index in [0.717, 1.165) is 25.4 Å². The smallest absolute Gasteiger partial charge is 0.0940 e. The topological polar surface area (TPSA) is 35.8 Å². The molecule has 0 aromatic rings. The van der Waals surface area contributed by atoms with Gasteiger partial charge in [-0.05, 0) is 32.2 Å². The van der Waals surface area contributed by atoms with Gasteiger partial charge in [-0.3, -0.25) is 0 Å². The van der Waals surface area contributed by atoms with Crippen LogP contribution in [0.2, 0.25) is 0 Å². The number of allylic oxidation sites excluding steroid dienone is 1. The molecule has 2 heteroatoms. The van der Waals surface area contributed by atoms with Gasteiger partial charge in [-0.1, -0.05) is 25.8 Å². The summed E-state index contributed by atoms with van der Waals surface area (Å²) in [4.78, 5) is 0. The average molecular weight is 192 g/mol. The quantitative estimate of drug-likeness (QED) is 0.537. The maximum Gasteiger partial charge on any atom is 0.0940 e. The highest BCUT2D eigenvalue weighted by Crippen LogP contribution is 2.17. The van der Waals surface area contributed by atoms with Crippen LogP contribution in [0, 0.1) is 11.3 Å². The summed E-state index contributed by atoms with van der Waals surface area (Å²) in [6, 6.07) is 2.82. The highest BCUT2D eigenvalue weighted by Gasteiger charge is 2.11. The van der Waals surface area contributed by atoms with E-state index in [0.29, 0.717) is 5.57 Å². The van der Waals surface area contributed by atoms with Crippen molar-refractivity contribution >= 4 is 0 Å². The zero-order valence-electron chi connectivity index (χ0n) is 8.89. The molecule has 0 aliphatic heterocycles. The molecule has 0 saturated heterocycles. The monoisotopic (exact) mass is 192 g/mol. The standard InChI is InChI=1S/C12H20N2/c1-11(10-13)6-5-9-14-12-7-3-2-4-8-12/h12,14H,1-9H2. The summed E-state index contributed by atoms with van der Waals surface area (Å²) < 4.78 is 0. The van der Waals surface area contributed by atoms with E-state index in [9.17, 15) is 0 Å². The molecule has 0 atom stereocenters. The predicted octanol–water partition coefficient (Wildman–Crippen LogP) is 2.77. The lowest BCUT2D eigenvalue weighted by atomic mass is 9.95. The van der Waals surface area contributed by atoms with Crippen LogP contribution < -0.4 is 5.32 Å². The number of nitrogens with zero attached hydrogens (tertiary/aromatic N) is 1. The Morgan fingerprint density at radius 3 is 2.71 bits per heavy atom. The summed E-state index contributed by atoms with van der Waals surface area (Å²) in [5.74, 6) is 0. The molecule has 78 valence electrons. The molecule has 1 aliphatic rings. The molecule has 1 aliphatic carbocycles. The zero-order chi connectivity index (χ0) is 10.2. The predicted molar refractivity (Wildman–Crippen MR) is 58.9 cm³/mol. The van der Waals surface area contributed by atoms with Crippen LogP contribution in [0.15, 0.2) is 12.2 Å². The van der Waals surface area contributed by atoms with Gasteiger partial charge in [0.15, 0.2) is 0 Å². The van der Waals surface area contributed by atoms with E-state index >= 15 is 0 Å². The Morgan fingerprint density at radius 1 is 1.36 bits per heavy atom. The van der Waals surface area contributed by atoms with E-state index in [2.05, 4.69) is 18.0 Å². The van der Waals surface area contributed by atoms with E-state index in [1.807, 2.05) is 0 Å². The fourth-order valence-electron chi connectivity index (χ4n) is 1.97. The van der Waals surface area contributed by atoms with Gasteiger partial charge in [0.05, 0.1) is 6.07 Å². The average Bonchev–Trinajstić information content (AvgIpc) is 2.25. The molecule has 1 N–H and O–H groups in total. The second-order valence-electron chi connectivity index (χ2n) is 4.11. The van der Waals surface area contributed by atoms with Crippen LogP contribution in [0.3, 0.4) is 0 Å². The van der Waals surface area contributed by atoms with Crippen LogP contribution in [-0.4, -0.2) is 12.6 Å². The van der Waals surface area contributed by atoms with Crippen LogP contribution in [0.25, 0.3) is 0 Å². The lowest BCUT2D eigenvalue weighted by Crippen LogP contribution is -2.31. The summed E-state index contributed by atoms with van der Waals surface area (Å²) in [6.45, 7) is 4.70. The number of hydrogen-bond acceptors (Lipinski definition) is 2. The molecule has 1 rings (SSSR count). The van der Waals surface area contributed by atoms with Gasteiger partial charge in [0.25, 0.3) is 0 Å². The van der Waals surface area contributed by atoms with Gasteiger partial charge in [0, 0.05) is 11.6 Å². The second kappa shape index (κ2) is 6.62. The van der Waals surface area contributed by atoms with Crippen molar-refractivity contribution in [2.75, 3.05) is 6.54 Å². The first-order valence-electron chi connectivity index (χ1n) is 5.64. The summed E-state index contributed by atoms with van der Waals surface area (Å²) in [6.07, 6.45) is 8.71. The minimum absolute atomic E-state index is 0.704. The van der Waals surface area contributed by atoms with Gasteiger partial charge in [-0.25, -0.2) is 0 Å². The Bertz CT molecular complexity index is 209. The van der Waals surface area contributed by atoms with Crippen LogP contribution in [-0.2, 0) is 0 Å². The van der Waals surface area contributed by atoms with Gasteiger partial charge in [-0.2, -0.15) is 5.26 Å². The molecular formula is C12H20N2. The van der Waals surface area contributed by atoms with Crippen molar-refractivity contribution in [1.82, 2.24) is 5.32 Å². The maximum absolute atomic E-state index is 8.51. The molecule has 0 bridgehead atoms. The van der Waals surface area contributed by atoms with Crippen molar-refractivity contribution in [1.29, 1.82) is 5.26 Å². The molecule has 0 spiro atoms. The van der Waals surface area contributed by atoms with E-state index in [4.69, 9.17) is 5.26 Å². The van der Waals surface area contributed by atoms with Gasteiger partial charge in [0.2, 0.25) is 0 Å². The number of hydrogen-bond donors (Lipinski definition) is 1. The minimum atomic E-state index is 0.704. The molecule has 0 aromatic carbocycles. The number of nitrogens with one attached hydrogen (secondary N) is 1. The summed E-state index contributed by atoms with van der Waals surface area (Å²) in [5, 5.41) is 12.1. The van der Waals surface area contributed by atoms with Crippen LogP contribution in [0.5, 0.6) is 0 Å². The van der Waals surface area contributed by atoms with E-state index < -0.39 is 0 Å². The van der Waals surface area contributed by atoms with Crippen molar-refractivity contribution in [3.05, 3.63) is 12.2 Å². The molecule has 1 saturated carbocycles. The SMILES string of the molecule is C=C(C#N)CCCNC1CCCCC1. The van der Waals surface area contributed by atoms with E-state index in [1.54, 1.807) is 0 Å². The molecule has 0 heterocycles. The number of rotatable bonds is 5. The minimum Gasteiger partial charge on any atom is -0.314 e. The zero-order valence-corrected chi connectivity index (χ0v) is 8.89. The fourth-order valence-corrected chi connectivity index (χ4v) is 1.97. The van der Waals surface area contributed by atoms with Crippen molar-refractivity contribution in [2.45, 2.75) is 51.0 Å². The first-order valence-corrected chi connectivity index (χ1v) is 5.64. The van der Waals surface area contributed by atoms with Gasteiger partial charge >= 0.3 is 0 Å². The summed E-state index contributed by atoms with van der Waals surface area (Å²) in [7, 11) is 0. The normalized spacial score (nSPS) is 17.6. The Balaban J connectivity index is 1.98. The molecule has 0 aromatic heterocycles. The van der Waals surface area contributed by atoms with Crippen molar-refractivity contribution in [2.24, 2.45) is 0 Å². The first kappa shape index (κ1) is 11.3. The molecular weight excluding hydrogens is 172 g/mol. The van der Waals surface area contributed by atoms with Gasteiger partial charge in [-0.15, -0.1) is 0 Å². The van der Waals surface area contributed by atoms with Gasteiger partial charge < -0.3 is 5.32 Å². The van der Waals surface area contributed by atoms with Crippen molar-refractivity contribution in [3.8, 4) is 6.07 Å². The Hall–Kier alpha value is -0.810. The molecule has 0 unspecified atom stereocenters.